The average molecular weight is 305 g/mol. The van der Waals surface area contributed by atoms with Gasteiger partial charge in [-0.1, -0.05) is 30.3 Å². The molecule has 0 spiro atoms. The van der Waals surface area contributed by atoms with Gasteiger partial charge in [0, 0.05) is 20.5 Å². The van der Waals surface area contributed by atoms with Crippen LogP contribution < -0.4 is 0 Å². The summed E-state index contributed by atoms with van der Waals surface area (Å²) in [6.07, 6.45) is 1.85. The predicted octanol–water partition coefficient (Wildman–Crippen LogP) is 3.99. The van der Waals surface area contributed by atoms with Gasteiger partial charge in [0.2, 0.25) is 0 Å². The van der Waals surface area contributed by atoms with Crippen LogP contribution in [0.1, 0.15) is 0 Å². The van der Waals surface area contributed by atoms with Crippen LogP contribution in [0.5, 0.6) is 0 Å². The van der Waals surface area contributed by atoms with Crippen molar-refractivity contribution in [1.82, 2.24) is 4.98 Å². The van der Waals surface area contributed by atoms with Crippen molar-refractivity contribution in [1.29, 1.82) is 0 Å². The quantitative estimate of drug-likeness (QED) is 0.452. The lowest BCUT2D eigenvalue weighted by molar-refractivity contribution is 1.43. The SMILES string of the molecule is Ic1cccc2c1ccc1cccnc12. The number of hydrogen-bond acceptors (Lipinski definition) is 1. The summed E-state index contributed by atoms with van der Waals surface area (Å²) in [5.41, 5.74) is 1.09. The topological polar surface area (TPSA) is 12.9 Å². The van der Waals surface area contributed by atoms with Crippen LogP contribution in [0.4, 0.5) is 0 Å². The van der Waals surface area contributed by atoms with Crippen LogP contribution in [0.2, 0.25) is 0 Å². The lowest BCUT2D eigenvalue weighted by atomic mass is 10.1. The molecule has 2 aromatic carbocycles. The summed E-state index contributed by atoms with van der Waals surface area (Å²) >= 11 is 2.36. The molecule has 72 valence electrons. The Hall–Kier alpha value is -1.16. The zero-order chi connectivity index (χ0) is 10.3. The van der Waals surface area contributed by atoms with Gasteiger partial charge in [0.25, 0.3) is 0 Å². The first kappa shape index (κ1) is 9.09. The molecule has 0 unspecified atom stereocenters. The number of pyridine rings is 1. The monoisotopic (exact) mass is 305 g/mol. The number of halogens is 1. The Morgan fingerprint density at radius 3 is 2.73 bits per heavy atom. The van der Waals surface area contributed by atoms with Crippen molar-refractivity contribution in [2.24, 2.45) is 0 Å². The number of nitrogens with zero attached hydrogens (tertiary/aromatic N) is 1. The zero-order valence-electron chi connectivity index (χ0n) is 7.94. The fourth-order valence-corrected chi connectivity index (χ4v) is 2.54. The molecule has 1 heterocycles. The third kappa shape index (κ3) is 1.40. The van der Waals surface area contributed by atoms with E-state index in [-0.39, 0.29) is 0 Å². The lowest BCUT2D eigenvalue weighted by Crippen LogP contribution is -1.82. The molecule has 0 N–H and O–H groups in total. The van der Waals surface area contributed by atoms with Gasteiger partial charge in [-0.25, -0.2) is 0 Å². The van der Waals surface area contributed by atoms with Crippen LogP contribution in [0.3, 0.4) is 0 Å². The van der Waals surface area contributed by atoms with Crippen molar-refractivity contribution in [3.63, 3.8) is 0 Å². The van der Waals surface area contributed by atoms with E-state index < -0.39 is 0 Å². The van der Waals surface area contributed by atoms with E-state index in [0.29, 0.717) is 0 Å². The van der Waals surface area contributed by atoms with Crippen LogP contribution in [0.15, 0.2) is 48.7 Å². The Labute approximate surface area is 101 Å². The van der Waals surface area contributed by atoms with Crippen molar-refractivity contribution in [2.45, 2.75) is 0 Å². The summed E-state index contributed by atoms with van der Waals surface area (Å²) in [6.45, 7) is 0. The molecule has 1 aromatic heterocycles. The maximum atomic E-state index is 4.45. The Morgan fingerprint density at radius 1 is 0.867 bits per heavy atom. The first-order chi connectivity index (χ1) is 7.36. The molecule has 15 heavy (non-hydrogen) atoms. The fraction of sp³-hybridized carbons (Fsp3) is 0. The molecule has 0 aliphatic carbocycles. The van der Waals surface area contributed by atoms with E-state index in [2.05, 4.69) is 64.0 Å². The number of fused-ring (bicyclic) bond motifs is 3. The second-order valence-electron chi connectivity index (χ2n) is 3.48. The van der Waals surface area contributed by atoms with Crippen molar-refractivity contribution in [3.8, 4) is 0 Å². The maximum Gasteiger partial charge on any atom is 0.0780 e. The van der Waals surface area contributed by atoms with E-state index in [0.717, 1.165) is 5.52 Å². The van der Waals surface area contributed by atoms with Gasteiger partial charge in [-0.2, -0.15) is 0 Å². The fourth-order valence-electron chi connectivity index (χ4n) is 1.86. The summed E-state index contributed by atoms with van der Waals surface area (Å²) in [4.78, 5) is 4.45. The van der Waals surface area contributed by atoms with Crippen molar-refractivity contribution < 1.29 is 0 Å². The lowest BCUT2D eigenvalue weighted by Gasteiger charge is -2.03. The summed E-state index contributed by atoms with van der Waals surface area (Å²) in [7, 11) is 0. The Kier molecular flexibility index (Phi) is 2.09. The van der Waals surface area contributed by atoms with E-state index >= 15 is 0 Å². The molecule has 3 rings (SSSR count). The zero-order valence-corrected chi connectivity index (χ0v) is 10.1. The molecule has 2 heteroatoms. The van der Waals surface area contributed by atoms with Crippen LogP contribution in [0, 0.1) is 3.57 Å². The average Bonchev–Trinajstić information content (AvgIpc) is 2.29. The molecule has 0 fully saturated rings. The minimum Gasteiger partial charge on any atom is -0.256 e. The molecule has 3 aromatic rings. The van der Waals surface area contributed by atoms with Crippen molar-refractivity contribution >= 4 is 44.3 Å². The van der Waals surface area contributed by atoms with Gasteiger partial charge in [0.15, 0.2) is 0 Å². The Morgan fingerprint density at radius 2 is 1.80 bits per heavy atom. The smallest absolute Gasteiger partial charge is 0.0780 e. The highest BCUT2D eigenvalue weighted by molar-refractivity contribution is 14.1. The minimum absolute atomic E-state index is 1.09. The molecule has 0 bridgehead atoms. The normalized spacial score (nSPS) is 11.0. The van der Waals surface area contributed by atoms with Gasteiger partial charge in [0.1, 0.15) is 0 Å². The van der Waals surface area contributed by atoms with Crippen molar-refractivity contribution in [3.05, 3.63) is 52.2 Å². The molecule has 0 saturated heterocycles. The number of aromatic nitrogens is 1. The maximum absolute atomic E-state index is 4.45. The molecule has 0 aliphatic heterocycles. The molecule has 0 saturated carbocycles. The second-order valence-corrected chi connectivity index (χ2v) is 4.64. The Bertz CT molecular complexity index is 646. The van der Waals surface area contributed by atoms with Crippen molar-refractivity contribution in [2.75, 3.05) is 0 Å². The third-order valence-corrected chi connectivity index (χ3v) is 3.52. The van der Waals surface area contributed by atoms with Crippen LogP contribution >= 0.6 is 22.6 Å². The van der Waals surface area contributed by atoms with Crippen LogP contribution in [0.25, 0.3) is 21.7 Å². The number of rotatable bonds is 0. The van der Waals surface area contributed by atoms with Gasteiger partial charge < -0.3 is 0 Å². The summed E-state index contributed by atoms with van der Waals surface area (Å²) in [5.74, 6) is 0. The van der Waals surface area contributed by atoms with E-state index in [1.165, 1.54) is 19.7 Å². The second kappa shape index (κ2) is 3.45. The molecule has 0 radical (unpaired) electrons. The molecule has 0 amide bonds. The van der Waals surface area contributed by atoms with Crippen LogP contribution in [-0.2, 0) is 0 Å². The third-order valence-electron chi connectivity index (χ3n) is 2.58. The molecular formula is C13H8IN. The predicted molar refractivity (Wildman–Crippen MR) is 72.0 cm³/mol. The molecular weight excluding hydrogens is 297 g/mol. The summed E-state index contributed by atoms with van der Waals surface area (Å²) < 4.78 is 1.28. The largest absolute Gasteiger partial charge is 0.256 e. The Balaban J connectivity index is 2.60. The number of hydrogen-bond donors (Lipinski definition) is 0. The first-order valence-corrected chi connectivity index (χ1v) is 5.86. The highest BCUT2D eigenvalue weighted by atomic mass is 127. The van der Waals surface area contributed by atoms with E-state index in [1.807, 2.05) is 12.3 Å². The van der Waals surface area contributed by atoms with Gasteiger partial charge in [0.05, 0.1) is 5.52 Å². The molecule has 0 atom stereocenters. The first-order valence-electron chi connectivity index (χ1n) is 4.78. The van der Waals surface area contributed by atoms with E-state index in [4.69, 9.17) is 0 Å². The van der Waals surface area contributed by atoms with Gasteiger partial charge in [-0.05, 0) is 40.1 Å². The highest BCUT2D eigenvalue weighted by Crippen LogP contribution is 2.26. The highest BCUT2D eigenvalue weighted by Gasteiger charge is 2.02. The number of benzene rings is 2. The molecule has 0 aliphatic rings. The van der Waals surface area contributed by atoms with Gasteiger partial charge in [-0.3, -0.25) is 4.98 Å². The summed E-state index contributed by atoms with van der Waals surface area (Å²) in [6, 6.07) is 14.7. The van der Waals surface area contributed by atoms with Gasteiger partial charge in [-0.15, -0.1) is 0 Å². The van der Waals surface area contributed by atoms with E-state index in [1.54, 1.807) is 0 Å². The van der Waals surface area contributed by atoms with Crippen LogP contribution in [-0.4, -0.2) is 4.98 Å². The molecule has 1 nitrogen and oxygen atoms in total. The summed E-state index contributed by atoms with van der Waals surface area (Å²) in [5, 5.41) is 3.72. The van der Waals surface area contributed by atoms with E-state index in [9.17, 15) is 0 Å². The standard InChI is InChI=1S/C13H8IN/c14-12-5-1-4-11-10(12)7-6-9-3-2-8-15-13(9)11/h1-8H. The minimum atomic E-state index is 1.09. The van der Waals surface area contributed by atoms with Gasteiger partial charge >= 0.3 is 0 Å².